The van der Waals surface area contributed by atoms with Crippen LogP contribution in [0.15, 0.2) is 54.1 Å². The van der Waals surface area contributed by atoms with Crippen molar-refractivity contribution in [1.29, 1.82) is 5.26 Å². The van der Waals surface area contributed by atoms with Crippen molar-refractivity contribution in [2.75, 3.05) is 6.61 Å². The molecule has 5 nitrogen and oxygen atoms in total. The van der Waals surface area contributed by atoms with Gasteiger partial charge in [-0.15, -0.1) is 0 Å². The fraction of sp³-hybridized carbons (Fsp3) is 0.370. The van der Waals surface area contributed by atoms with Crippen molar-refractivity contribution in [3.63, 3.8) is 0 Å². The normalized spacial score (nSPS) is 10.9. The molecular formula is C27H31NO4. The van der Waals surface area contributed by atoms with Gasteiger partial charge in [0.1, 0.15) is 29.4 Å². The SMILES string of the molecule is CCCCCCCCCCOc1ccc(/C=C(\C#N)C(=O)Oc2ccc(C=O)cc2)cc1. The van der Waals surface area contributed by atoms with E-state index < -0.39 is 5.97 Å². The second-order valence-corrected chi connectivity index (χ2v) is 7.64. The molecule has 0 radical (unpaired) electrons. The number of hydrogen-bond donors (Lipinski definition) is 0. The number of rotatable bonds is 14. The van der Waals surface area contributed by atoms with Crippen LogP contribution < -0.4 is 9.47 Å². The lowest BCUT2D eigenvalue weighted by molar-refractivity contribution is -0.129. The first-order valence-corrected chi connectivity index (χ1v) is 11.3. The zero-order valence-corrected chi connectivity index (χ0v) is 18.7. The number of unbranched alkanes of at least 4 members (excludes halogenated alkanes) is 7. The number of carbonyl (C=O) groups excluding carboxylic acids is 2. The predicted octanol–water partition coefficient (Wildman–Crippen LogP) is 6.53. The van der Waals surface area contributed by atoms with Crippen molar-refractivity contribution in [1.82, 2.24) is 0 Å². The molecule has 0 amide bonds. The molecule has 0 saturated heterocycles. The minimum absolute atomic E-state index is 0.114. The van der Waals surface area contributed by atoms with Crippen LogP contribution in [0.5, 0.6) is 11.5 Å². The van der Waals surface area contributed by atoms with Gasteiger partial charge in [-0.05, 0) is 54.5 Å². The zero-order valence-electron chi connectivity index (χ0n) is 18.7. The summed E-state index contributed by atoms with van der Waals surface area (Å²) in [6, 6.07) is 15.2. The van der Waals surface area contributed by atoms with Gasteiger partial charge in [0.2, 0.25) is 0 Å². The molecule has 0 bridgehead atoms. The second kappa shape index (κ2) is 14.6. The van der Waals surface area contributed by atoms with Crippen molar-refractivity contribution in [2.24, 2.45) is 0 Å². The highest BCUT2D eigenvalue weighted by Crippen LogP contribution is 2.17. The maximum absolute atomic E-state index is 12.3. The summed E-state index contributed by atoms with van der Waals surface area (Å²) in [5.41, 5.74) is 1.07. The molecule has 0 aliphatic heterocycles. The Kier molecular flexibility index (Phi) is 11.3. The summed E-state index contributed by atoms with van der Waals surface area (Å²) in [5, 5.41) is 9.33. The molecule has 0 saturated carbocycles. The van der Waals surface area contributed by atoms with Crippen molar-refractivity contribution < 1.29 is 19.1 Å². The van der Waals surface area contributed by atoms with Gasteiger partial charge in [0.15, 0.2) is 0 Å². The van der Waals surface area contributed by atoms with Gasteiger partial charge in [-0.25, -0.2) is 4.79 Å². The molecule has 0 fully saturated rings. The lowest BCUT2D eigenvalue weighted by atomic mass is 10.1. The van der Waals surface area contributed by atoms with Crippen LogP contribution in [0.2, 0.25) is 0 Å². The van der Waals surface area contributed by atoms with Gasteiger partial charge >= 0.3 is 5.97 Å². The molecule has 2 aromatic carbocycles. The van der Waals surface area contributed by atoms with Crippen LogP contribution in [0.4, 0.5) is 0 Å². The van der Waals surface area contributed by atoms with Crippen LogP contribution in [0.3, 0.4) is 0 Å². The second-order valence-electron chi connectivity index (χ2n) is 7.64. The summed E-state index contributed by atoms with van der Waals surface area (Å²) < 4.78 is 11.0. The minimum Gasteiger partial charge on any atom is -0.494 e. The molecule has 0 aromatic heterocycles. The van der Waals surface area contributed by atoms with Crippen LogP contribution in [-0.4, -0.2) is 18.9 Å². The summed E-state index contributed by atoms with van der Waals surface area (Å²) in [7, 11) is 0. The predicted molar refractivity (Wildman–Crippen MR) is 126 cm³/mol. The number of nitrogens with zero attached hydrogens (tertiary/aromatic N) is 1. The monoisotopic (exact) mass is 433 g/mol. The number of nitriles is 1. The van der Waals surface area contributed by atoms with Crippen LogP contribution in [0, 0.1) is 11.3 Å². The summed E-state index contributed by atoms with van der Waals surface area (Å²) >= 11 is 0. The van der Waals surface area contributed by atoms with E-state index in [1.807, 2.05) is 18.2 Å². The van der Waals surface area contributed by atoms with Crippen molar-refractivity contribution in [3.8, 4) is 17.6 Å². The van der Waals surface area contributed by atoms with Crippen molar-refractivity contribution >= 4 is 18.3 Å². The maximum atomic E-state index is 12.3. The third-order valence-corrected chi connectivity index (χ3v) is 5.02. The first kappa shape index (κ1) is 24.9. The Balaban J connectivity index is 1.78. The Hall–Kier alpha value is -3.39. The molecular weight excluding hydrogens is 402 g/mol. The molecule has 2 rings (SSSR count). The average molecular weight is 434 g/mol. The molecule has 5 heteroatoms. The Morgan fingerprint density at radius 3 is 2.00 bits per heavy atom. The van der Waals surface area contributed by atoms with E-state index >= 15 is 0 Å². The molecule has 0 atom stereocenters. The van der Waals surface area contributed by atoms with E-state index in [1.165, 1.54) is 75.3 Å². The van der Waals surface area contributed by atoms with Gasteiger partial charge in [0.05, 0.1) is 6.61 Å². The summed E-state index contributed by atoms with van der Waals surface area (Å²) in [6.07, 6.45) is 12.2. The number of carbonyl (C=O) groups is 2. The fourth-order valence-corrected chi connectivity index (χ4v) is 3.17. The molecule has 32 heavy (non-hydrogen) atoms. The van der Waals surface area contributed by atoms with E-state index in [0.29, 0.717) is 24.0 Å². The summed E-state index contributed by atoms with van der Waals surface area (Å²) in [6.45, 7) is 2.91. The quantitative estimate of drug-likeness (QED) is 0.0845. The minimum atomic E-state index is -0.749. The topological polar surface area (TPSA) is 76.4 Å². The average Bonchev–Trinajstić information content (AvgIpc) is 2.82. The molecule has 0 aliphatic rings. The Morgan fingerprint density at radius 2 is 1.41 bits per heavy atom. The number of esters is 1. The van der Waals surface area contributed by atoms with Crippen LogP contribution in [0.25, 0.3) is 6.08 Å². The third kappa shape index (κ3) is 9.18. The third-order valence-electron chi connectivity index (χ3n) is 5.02. The number of benzene rings is 2. The van der Waals surface area contributed by atoms with Crippen LogP contribution in [-0.2, 0) is 4.79 Å². The van der Waals surface area contributed by atoms with Gasteiger partial charge in [0.25, 0.3) is 0 Å². The lowest BCUT2D eigenvalue weighted by Gasteiger charge is -2.07. The zero-order chi connectivity index (χ0) is 23.0. The molecule has 0 aliphatic carbocycles. The maximum Gasteiger partial charge on any atom is 0.354 e. The Labute approximate surface area is 190 Å². The van der Waals surface area contributed by atoms with Crippen LogP contribution >= 0.6 is 0 Å². The number of aldehydes is 1. The van der Waals surface area contributed by atoms with Crippen molar-refractivity contribution in [3.05, 3.63) is 65.2 Å². The van der Waals surface area contributed by atoms with E-state index in [2.05, 4.69) is 6.92 Å². The molecule has 2 aromatic rings. The standard InChI is InChI=1S/C27H31NO4/c1-2-3-4-5-6-7-8-9-18-31-25-14-10-22(11-15-25)19-24(20-28)27(30)32-26-16-12-23(21-29)13-17-26/h10-17,19,21H,2-9,18H2,1H3/b24-19+. The molecule has 168 valence electrons. The first-order chi connectivity index (χ1) is 15.7. The highest BCUT2D eigenvalue weighted by atomic mass is 16.5. The smallest absolute Gasteiger partial charge is 0.354 e. The molecule has 0 unspecified atom stereocenters. The van der Waals surface area contributed by atoms with E-state index in [0.717, 1.165) is 12.2 Å². The first-order valence-electron chi connectivity index (χ1n) is 11.3. The van der Waals surface area contributed by atoms with Crippen molar-refractivity contribution in [2.45, 2.75) is 58.3 Å². The summed E-state index contributed by atoms with van der Waals surface area (Å²) in [5.74, 6) is 0.286. The number of hydrogen-bond acceptors (Lipinski definition) is 5. The fourth-order valence-electron chi connectivity index (χ4n) is 3.17. The summed E-state index contributed by atoms with van der Waals surface area (Å²) in [4.78, 5) is 23.0. The highest BCUT2D eigenvalue weighted by molar-refractivity contribution is 5.99. The van der Waals surface area contributed by atoms with E-state index in [-0.39, 0.29) is 11.3 Å². The lowest BCUT2D eigenvalue weighted by Crippen LogP contribution is -2.10. The van der Waals surface area contributed by atoms with Crippen LogP contribution in [0.1, 0.15) is 74.2 Å². The molecule has 0 heterocycles. The Morgan fingerprint density at radius 1 is 0.844 bits per heavy atom. The van der Waals surface area contributed by atoms with E-state index in [4.69, 9.17) is 9.47 Å². The van der Waals surface area contributed by atoms with E-state index in [1.54, 1.807) is 12.1 Å². The number of ether oxygens (including phenoxy) is 2. The molecule has 0 spiro atoms. The van der Waals surface area contributed by atoms with Gasteiger partial charge in [-0.3, -0.25) is 4.79 Å². The highest BCUT2D eigenvalue weighted by Gasteiger charge is 2.12. The van der Waals surface area contributed by atoms with Gasteiger partial charge < -0.3 is 9.47 Å². The van der Waals surface area contributed by atoms with Gasteiger partial charge in [-0.1, -0.05) is 64.0 Å². The largest absolute Gasteiger partial charge is 0.494 e. The van der Waals surface area contributed by atoms with Gasteiger partial charge in [-0.2, -0.15) is 5.26 Å². The van der Waals surface area contributed by atoms with E-state index in [9.17, 15) is 14.9 Å². The molecule has 0 N–H and O–H groups in total. The van der Waals surface area contributed by atoms with Gasteiger partial charge in [0, 0.05) is 5.56 Å². The Bertz CT molecular complexity index is 908.